The lowest BCUT2D eigenvalue weighted by Crippen LogP contribution is -2.33. The van der Waals surface area contributed by atoms with Crippen LogP contribution in [0.2, 0.25) is 0 Å². The van der Waals surface area contributed by atoms with E-state index in [2.05, 4.69) is 20.6 Å². The zero-order valence-electron chi connectivity index (χ0n) is 13.3. The number of nitrogens with one attached hydrogen (secondary N) is 2. The van der Waals surface area contributed by atoms with E-state index in [1.165, 1.54) is 0 Å². The topological polar surface area (TPSA) is 84.0 Å². The second-order valence-electron chi connectivity index (χ2n) is 5.19. The number of anilines is 1. The number of carbonyl (C=O) groups is 1. The molecule has 0 aliphatic carbocycles. The standard InChI is InChI=1S/C14H24N4O2S/c1-6-15-11-8-16-13(9(2)3)18-12(11)14(19)17-7-10(4)21(5)20/h8-10,15H,6-7H2,1-5H3,(H,17,19). The molecule has 118 valence electrons. The Labute approximate surface area is 128 Å². The summed E-state index contributed by atoms with van der Waals surface area (Å²) in [5, 5.41) is 5.78. The number of aromatic nitrogens is 2. The summed E-state index contributed by atoms with van der Waals surface area (Å²) in [6.45, 7) is 8.77. The van der Waals surface area contributed by atoms with Gasteiger partial charge in [0.1, 0.15) is 5.82 Å². The zero-order chi connectivity index (χ0) is 16.0. The average Bonchev–Trinajstić information content (AvgIpc) is 2.44. The monoisotopic (exact) mass is 312 g/mol. The van der Waals surface area contributed by atoms with Crippen LogP contribution in [-0.4, -0.2) is 44.7 Å². The molecule has 2 N–H and O–H groups in total. The predicted octanol–water partition coefficient (Wildman–Crippen LogP) is 1.53. The first-order chi connectivity index (χ1) is 9.86. The smallest absolute Gasteiger partial charge is 0.272 e. The van der Waals surface area contributed by atoms with Crippen molar-refractivity contribution < 1.29 is 9.00 Å². The van der Waals surface area contributed by atoms with Crippen molar-refractivity contribution in [3.05, 3.63) is 17.7 Å². The molecule has 6 nitrogen and oxygen atoms in total. The molecule has 1 aromatic heterocycles. The third-order valence-corrected chi connectivity index (χ3v) is 4.32. The summed E-state index contributed by atoms with van der Waals surface area (Å²) >= 11 is 0. The number of rotatable bonds is 7. The number of nitrogens with zero attached hydrogens (tertiary/aromatic N) is 2. The molecule has 0 saturated heterocycles. The van der Waals surface area contributed by atoms with Crippen molar-refractivity contribution >= 4 is 22.4 Å². The van der Waals surface area contributed by atoms with Crippen LogP contribution in [0.1, 0.15) is 49.9 Å². The normalized spacial score (nSPS) is 13.8. The van der Waals surface area contributed by atoms with Crippen molar-refractivity contribution in [2.75, 3.05) is 24.7 Å². The Morgan fingerprint density at radius 2 is 2.05 bits per heavy atom. The molecule has 2 unspecified atom stereocenters. The van der Waals surface area contributed by atoms with Gasteiger partial charge in [0.2, 0.25) is 0 Å². The molecule has 0 aliphatic heterocycles. The molecule has 0 saturated carbocycles. The molecule has 0 bridgehead atoms. The van der Waals surface area contributed by atoms with Crippen LogP contribution >= 0.6 is 0 Å². The maximum absolute atomic E-state index is 12.3. The Hall–Kier alpha value is -1.50. The van der Waals surface area contributed by atoms with E-state index in [9.17, 15) is 9.00 Å². The molecule has 7 heteroatoms. The Balaban J connectivity index is 2.94. The highest BCUT2D eigenvalue weighted by atomic mass is 32.2. The quantitative estimate of drug-likeness (QED) is 0.797. The largest absolute Gasteiger partial charge is 0.382 e. The van der Waals surface area contributed by atoms with Gasteiger partial charge in [-0.3, -0.25) is 9.00 Å². The summed E-state index contributed by atoms with van der Waals surface area (Å²) in [5.41, 5.74) is 0.953. The van der Waals surface area contributed by atoms with E-state index in [1.54, 1.807) is 12.5 Å². The highest BCUT2D eigenvalue weighted by Gasteiger charge is 2.17. The lowest BCUT2D eigenvalue weighted by atomic mass is 10.2. The van der Waals surface area contributed by atoms with Gasteiger partial charge in [0, 0.05) is 41.3 Å². The number of hydrogen-bond donors (Lipinski definition) is 2. The van der Waals surface area contributed by atoms with Gasteiger partial charge in [0.25, 0.3) is 5.91 Å². The third kappa shape index (κ3) is 5.08. The number of hydrogen-bond acceptors (Lipinski definition) is 5. The van der Waals surface area contributed by atoms with Gasteiger partial charge < -0.3 is 10.6 Å². The van der Waals surface area contributed by atoms with Crippen molar-refractivity contribution in [1.29, 1.82) is 0 Å². The first kappa shape index (κ1) is 17.6. The van der Waals surface area contributed by atoms with Gasteiger partial charge in [-0.25, -0.2) is 9.97 Å². The fourth-order valence-electron chi connectivity index (χ4n) is 1.60. The lowest BCUT2D eigenvalue weighted by Gasteiger charge is -2.14. The van der Waals surface area contributed by atoms with Crippen LogP contribution in [0.3, 0.4) is 0 Å². The minimum atomic E-state index is -0.967. The van der Waals surface area contributed by atoms with Gasteiger partial charge in [-0.2, -0.15) is 0 Å². The summed E-state index contributed by atoms with van der Waals surface area (Å²) in [4.78, 5) is 20.9. The zero-order valence-corrected chi connectivity index (χ0v) is 14.1. The van der Waals surface area contributed by atoms with E-state index in [4.69, 9.17) is 0 Å². The molecule has 0 spiro atoms. The van der Waals surface area contributed by atoms with Crippen LogP contribution in [0.15, 0.2) is 6.20 Å². The van der Waals surface area contributed by atoms with Gasteiger partial charge in [0.15, 0.2) is 5.69 Å². The van der Waals surface area contributed by atoms with Gasteiger partial charge in [-0.05, 0) is 13.8 Å². The second kappa shape index (κ2) is 8.07. The molecule has 0 aliphatic rings. The van der Waals surface area contributed by atoms with Crippen LogP contribution in [0, 0.1) is 0 Å². The predicted molar refractivity (Wildman–Crippen MR) is 86.1 cm³/mol. The van der Waals surface area contributed by atoms with Crippen molar-refractivity contribution in [3.8, 4) is 0 Å². The minimum Gasteiger partial charge on any atom is -0.382 e. The van der Waals surface area contributed by atoms with Crippen LogP contribution in [0.25, 0.3) is 0 Å². The highest BCUT2D eigenvalue weighted by molar-refractivity contribution is 7.84. The van der Waals surface area contributed by atoms with E-state index < -0.39 is 10.8 Å². The summed E-state index contributed by atoms with van der Waals surface area (Å²) in [5.74, 6) is 0.510. The van der Waals surface area contributed by atoms with Crippen molar-refractivity contribution in [2.45, 2.75) is 38.9 Å². The van der Waals surface area contributed by atoms with Gasteiger partial charge in [0.05, 0.1) is 11.9 Å². The van der Waals surface area contributed by atoms with Crippen molar-refractivity contribution in [1.82, 2.24) is 15.3 Å². The summed E-state index contributed by atoms with van der Waals surface area (Å²) in [7, 11) is -0.967. The minimum absolute atomic E-state index is 0.0945. The first-order valence-corrected chi connectivity index (χ1v) is 8.70. The molecule has 1 rings (SSSR count). The van der Waals surface area contributed by atoms with E-state index in [1.807, 2.05) is 27.7 Å². The van der Waals surface area contributed by atoms with Gasteiger partial charge in [-0.1, -0.05) is 13.8 Å². The van der Waals surface area contributed by atoms with Crippen LogP contribution in [-0.2, 0) is 10.8 Å². The van der Waals surface area contributed by atoms with Gasteiger partial charge in [-0.15, -0.1) is 0 Å². The van der Waals surface area contributed by atoms with E-state index in [-0.39, 0.29) is 17.1 Å². The lowest BCUT2D eigenvalue weighted by molar-refractivity contribution is 0.0949. The third-order valence-electron chi connectivity index (χ3n) is 3.02. The second-order valence-corrected chi connectivity index (χ2v) is 7.00. The first-order valence-electron chi connectivity index (χ1n) is 7.08. The average molecular weight is 312 g/mol. The number of carbonyl (C=O) groups excluding carboxylic acids is 1. The molecule has 1 heterocycles. The summed E-state index contributed by atoms with van der Waals surface area (Å²) < 4.78 is 11.3. The maximum atomic E-state index is 12.3. The molecular formula is C14H24N4O2S. The van der Waals surface area contributed by atoms with Crippen molar-refractivity contribution in [2.24, 2.45) is 0 Å². The SMILES string of the molecule is CCNc1cnc(C(C)C)nc1C(=O)NCC(C)S(C)=O. The van der Waals surface area contributed by atoms with Crippen LogP contribution in [0.5, 0.6) is 0 Å². The summed E-state index contributed by atoms with van der Waals surface area (Å²) in [6.07, 6.45) is 3.27. The van der Waals surface area contributed by atoms with Gasteiger partial charge >= 0.3 is 0 Å². The van der Waals surface area contributed by atoms with Crippen LogP contribution < -0.4 is 10.6 Å². The fourth-order valence-corrected chi connectivity index (χ4v) is 1.92. The molecule has 1 aromatic rings. The molecule has 21 heavy (non-hydrogen) atoms. The Kier molecular flexibility index (Phi) is 6.74. The fraction of sp³-hybridized carbons (Fsp3) is 0.643. The highest BCUT2D eigenvalue weighted by Crippen LogP contribution is 2.16. The summed E-state index contributed by atoms with van der Waals surface area (Å²) in [6, 6.07) is 0. The molecule has 0 radical (unpaired) electrons. The Morgan fingerprint density at radius 1 is 1.38 bits per heavy atom. The molecule has 0 fully saturated rings. The van der Waals surface area contributed by atoms with E-state index >= 15 is 0 Å². The maximum Gasteiger partial charge on any atom is 0.272 e. The van der Waals surface area contributed by atoms with E-state index in [0.29, 0.717) is 30.3 Å². The Morgan fingerprint density at radius 3 is 2.57 bits per heavy atom. The van der Waals surface area contributed by atoms with Crippen LogP contribution in [0.4, 0.5) is 5.69 Å². The van der Waals surface area contributed by atoms with Crippen molar-refractivity contribution in [3.63, 3.8) is 0 Å². The molecular weight excluding hydrogens is 288 g/mol. The molecule has 2 atom stereocenters. The number of amides is 1. The Bertz CT molecular complexity index is 520. The van der Waals surface area contributed by atoms with E-state index in [0.717, 1.165) is 0 Å². The molecule has 1 amide bonds. The molecule has 0 aromatic carbocycles.